The minimum Gasteiger partial charge on any atom is -0.330 e. The van der Waals surface area contributed by atoms with Crippen LogP contribution in [0.3, 0.4) is 0 Å². The molecule has 0 aromatic heterocycles. The molecule has 1 aliphatic heterocycles. The second kappa shape index (κ2) is 10.5. The van der Waals surface area contributed by atoms with Crippen LogP contribution in [0.25, 0.3) is 0 Å². The predicted molar refractivity (Wildman–Crippen MR) is 92.7 cm³/mol. The van der Waals surface area contributed by atoms with Crippen molar-refractivity contribution in [1.82, 2.24) is 14.7 Å². The lowest BCUT2D eigenvalue weighted by atomic mass is 9.88. The molecular formula is C17H38N4. The van der Waals surface area contributed by atoms with Crippen molar-refractivity contribution >= 4 is 0 Å². The van der Waals surface area contributed by atoms with Crippen LogP contribution in [-0.4, -0.2) is 81.2 Å². The van der Waals surface area contributed by atoms with Crippen molar-refractivity contribution in [2.24, 2.45) is 17.6 Å². The number of piperazine rings is 1. The number of nitrogens with zero attached hydrogens (tertiary/aromatic N) is 3. The number of likely N-dealkylation sites (N-methyl/N-ethyl adjacent to an activating group) is 1. The molecule has 1 atom stereocenters. The first kappa shape index (κ1) is 18.9. The molecule has 1 fully saturated rings. The number of hydrogen-bond acceptors (Lipinski definition) is 4. The molecule has 126 valence electrons. The summed E-state index contributed by atoms with van der Waals surface area (Å²) in [6, 6.07) is 0. The van der Waals surface area contributed by atoms with Crippen LogP contribution < -0.4 is 5.73 Å². The van der Waals surface area contributed by atoms with Crippen LogP contribution in [-0.2, 0) is 0 Å². The second-order valence-corrected chi connectivity index (χ2v) is 7.21. The lowest BCUT2D eigenvalue weighted by molar-refractivity contribution is 0.121. The Morgan fingerprint density at radius 2 is 1.52 bits per heavy atom. The van der Waals surface area contributed by atoms with Crippen molar-refractivity contribution in [3.8, 4) is 0 Å². The third kappa shape index (κ3) is 8.15. The molecule has 1 unspecified atom stereocenters. The molecule has 1 heterocycles. The normalized spacial score (nSPS) is 19.6. The molecule has 0 aromatic carbocycles. The van der Waals surface area contributed by atoms with Gasteiger partial charge in [0, 0.05) is 39.3 Å². The van der Waals surface area contributed by atoms with Gasteiger partial charge in [-0.1, -0.05) is 13.8 Å². The highest BCUT2D eigenvalue weighted by Gasteiger charge is 2.17. The summed E-state index contributed by atoms with van der Waals surface area (Å²) in [7, 11) is 4.31. The van der Waals surface area contributed by atoms with Crippen LogP contribution in [0, 0.1) is 11.8 Å². The van der Waals surface area contributed by atoms with E-state index in [1.165, 1.54) is 65.1 Å². The zero-order valence-electron chi connectivity index (χ0n) is 14.9. The Bertz CT molecular complexity index is 247. The first-order valence-corrected chi connectivity index (χ1v) is 8.82. The Morgan fingerprint density at radius 1 is 0.952 bits per heavy atom. The van der Waals surface area contributed by atoms with Crippen molar-refractivity contribution in [2.45, 2.75) is 33.1 Å². The summed E-state index contributed by atoms with van der Waals surface area (Å²) in [5, 5.41) is 0. The van der Waals surface area contributed by atoms with E-state index in [4.69, 9.17) is 5.73 Å². The van der Waals surface area contributed by atoms with Gasteiger partial charge in [-0.25, -0.2) is 0 Å². The van der Waals surface area contributed by atoms with Crippen molar-refractivity contribution in [3.05, 3.63) is 0 Å². The highest BCUT2D eigenvalue weighted by atomic mass is 15.3. The summed E-state index contributed by atoms with van der Waals surface area (Å²) in [6.07, 6.45) is 3.87. The summed E-state index contributed by atoms with van der Waals surface area (Å²) >= 11 is 0. The van der Waals surface area contributed by atoms with Crippen molar-refractivity contribution < 1.29 is 0 Å². The molecular weight excluding hydrogens is 260 g/mol. The van der Waals surface area contributed by atoms with Gasteiger partial charge in [0.05, 0.1) is 0 Å². The molecule has 1 saturated heterocycles. The lowest BCUT2D eigenvalue weighted by Crippen LogP contribution is -2.48. The molecule has 0 amide bonds. The third-order valence-corrected chi connectivity index (χ3v) is 4.86. The van der Waals surface area contributed by atoms with E-state index in [-0.39, 0.29) is 0 Å². The SMILES string of the molecule is CC(C)C(CCN)CCCN1CCN(CCN(C)C)CC1. The van der Waals surface area contributed by atoms with Gasteiger partial charge in [-0.3, -0.25) is 4.90 Å². The molecule has 0 saturated carbocycles. The van der Waals surface area contributed by atoms with Gasteiger partial charge in [-0.05, 0) is 58.3 Å². The fourth-order valence-corrected chi connectivity index (χ4v) is 3.18. The van der Waals surface area contributed by atoms with Gasteiger partial charge in [-0.15, -0.1) is 0 Å². The van der Waals surface area contributed by atoms with E-state index in [1.54, 1.807) is 0 Å². The summed E-state index contributed by atoms with van der Waals surface area (Å²) in [5.74, 6) is 1.59. The van der Waals surface area contributed by atoms with E-state index in [1.807, 2.05) is 0 Å². The van der Waals surface area contributed by atoms with Crippen molar-refractivity contribution in [2.75, 3.05) is 66.5 Å². The Morgan fingerprint density at radius 3 is 2.00 bits per heavy atom. The molecule has 0 bridgehead atoms. The van der Waals surface area contributed by atoms with Gasteiger partial charge in [0.15, 0.2) is 0 Å². The van der Waals surface area contributed by atoms with E-state index in [0.717, 1.165) is 18.4 Å². The van der Waals surface area contributed by atoms with Crippen LogP contribution in [0.2, 0.25) is 0 Å². The van der Waals surface area contributed by atoms with Crippen molar-refractivity contribution in [3.63, 3.8) is 0 Å². The quantitative estimate of drug-likeness (QED) is 0.664. The van der Waals surface area contributed by atoms with Gasteiger partial charge in [0.25, 0.3) is 0 Å². The van der Waals surface area contributed by atoms with Gasteiger partial charge >= 0.3 is 0 Å². The minimum absolute atomic E-state index is 0.774. The monoisotopic (exact) mass is 298 g/mol. The molecule has 1 aliphatic rings. The first-order valence-electron chi connectivity index (χ1n) is 8.82. The Labute approximate surface area is 132 Å². The zero-order valence-corrected chi connectivity index (χ0v) is 14.9. The smallest absolute Gasteiger partial charge is 0.0110 e. The number of hydrogen-bond donors (Lipinski definition) is 1. The van der Waals surface area contributed by atoms with Gasteiger partial charge < -0.3 is 15.5 Å². The summed E-state index contributed by atoms with van der Waals surface area (Å²) < 4.78 is 0. The molecule has 2 N–H and O–H groups in total. The van der Waals surface area contributed by atoms with Crippen LogP contribution >= 0.6 is 0 Å². The molecule has 21 heavy (non-hydrogen) atoms. The predicted octanol–water partition coefficient (Wildman–Crippen LogP) is 1.57. The lowest BCUT2D eigenvalue weighted by Gasteiger charge is -2.35. The molecule has 0 aliphatic carbocycles. The van der Waals surface area contributed by atoms with Crippen LogP contribution in [0.4, 0.5) is 0 Å². The standard InChI is InChI=1S/C17H38N4/c1-16(2)17(7-8-18)6-5-9-20-12-14-21(15-13-20)11-10-19(3)4/h16-17H,5-15,18H2,1-4H3. The maximum Gasteiger partial charge on any atom is 0.0110 e. The molecule has 0 aromatic rings. The van der Waals surface area contributed by atoms with Crippen molar-refractivity contribution in [1.29, 1.82) is 0 Å². The van der Waals surface area contributed by atoms with Crippen LogP contribution in [0.5, 0.6) is 0 Å². The second-order valence-electron chi connectivity index (χ2n) is 7.21. The maximum absolute atomic E-state index is 5.73. The van der Waals surface area contributed by atoms with Gasteiger partial charge in [0.2, 0.25) is 0 Å². The van der Waals surface area contributed by atoms with Gasteiger partial charge in [0.1, 0.15) is 0 Å². The van der Waals surface area contributed by atoms with E-state index >= 15 is 0 Å². The average Bonchev–Trinajstić information content (AvgIpc) is 2.45. The topological polar surface area (TPSA) is 35.7 Å². The fraction of sp³-hybridized carbons (Fsp3) is 1.00. The minimum atomic E-state index is 0.774. The van der Waals surface area contributed by atoms with Gasteiger partial charge in [-0.2, -0.15) is 0 Å². The fourth-order valence-electron chi connectivity index (χ4n) is 3.18. The molecule has 4 heteroatoms. The number of rotatable bonds is 10. The first-order chi connectivity index (χ1) is 10.0. The van der Waals surface area contributed by atoms with E-state index in [0.29, 0.717) is 0 Å². The summed E-state index contributed by atoms with van der Waals surface area (Å²) in [4.78, 5) is 7.52. The Hall–Kier alpha value is -0.160. The largest absolute Gasteiger partial charge is 0.330 e. The third-order valence-electron chi connectivity index (χ3n) is 4.86. The van der Waals surface area contributed by atoms with Crippen LogP contribution in [0.15, 0.2) is 0 Å². The molecule has 0 radical (unpaired) electrons. The highest BCUT2D eigenvalue weighted by Crippen LogP contribution is 2.20. The number of nitrogens with two attached hydrogens (primary N) is 1. The molecule has 4 nitrogen and oxygen atoms in total. The Balaban J connectivity index is 2.12. The summed E-state index contributed by atoms with van der Waals surface area (Å²) in [6.45, 7) is 14.2. The molecule has 1 rings (SSSR count). The molecule has 0 spiro atoms. The van der Waals surface area contributed by atoms with E-state index in [2.05, 4.69) is 42.6 Å². The van der Waals surface area contributed by atoms with E-state index < -0.39 is 0 Å². The summed E-state index contributed by atoms with van der Waals surface area (Å²) in [5.41, 5.74) is 5.73. The highest BCUT2D eigenvalue weighted by molar-refractivity contribution is 4.73. The Kier molecular flexibility index (Phi) is 9.49. The average molecular weight is 299 g/mol. The zero-order chi connectivity index (χ0) is 15.7. The maximum atomic E-state index is 5.73. The van der Waals surface area contributed by atoms with E-state index in [9.17, 15) is 0 Å². The van der Waals surface area contributed by atoms with Crippen LogP contribution in [0.1, 0.15) is 33.1 Å².